The Balaban J connectivity index is 0.00000176. The van der Waals surface area contributed by atoms with Gasteiger partial charge in [-0.1, -0.05) is 29.9 Å². The van der Waals surface area contributed by atoms with Crippen LogP contribution >= 0.6 is 23.7 Å². The lowest BCUT2D eigenvalue weighted by Gasteiger charge is -2.34. The van der Waals surface area contributed by atoms with Gasteiger partial charge in [0, 0.05) is 12.6 Å². The van der Waals surface area contributed by atoms with E-state index >= 15 is 0 Å². The molecule has 0 radical (unpaired) electrons. The molecule has 0 saturated carbocycles. The van der Waals surface area contributed by atoms with Crippen molar-refractivity contribution in [3.63, 3.8) is 0 Å². The fraction of sp³-hybridized carbons (Fsp3) is 0.467. The number of fused-ring (bicyclic) bond motifs is 1. The third-order valence-electron chi connectivity index (χ3n) is 3.91. The van der Waals surface area contributed by atoms with Crippen LogP contribution in [0, 0.1) is 0 Å². The van der Waals surface area contributed by atoms with Crippen molar-refractivity contribution in [3.05, 3.63) is 24.3 Å². The Bertz CT molecular complexity index is 600. The minimum absolute atomic E-state index is 0. The second kappa shape index (κ2) is 7.87. The summed E-state index contributed by atoms with van der Waals surface area (Å²) in [6, 6.07) is 8.23. The Kier molecular flexibility index (Phi) is 6.14. The van der Waals surface area contributed by atoms with Crippen LogP contribution in [0.4, 0.5) is 5.13 Å². The number of likely N-dealkylation sites (tertiary alicyclic amines) is 1. The second-order valence-electron chi connectivity index (χ2n) is 5.39. The number of piperidine rings is 1. The van der Waals surface area contributed by atoms with Crippen molar-refractivity contribution in [2.24, 2.45) is 5.73 Å². The van der Waals surface area contributed by atoms with Gasteiger partial charge in [0.05, 0.1) is 16.8 Å². The number of para-hydroxylation sites is 1. The van der Waals surface area contributed by atoms with Crippen LogP contribution in [0.5, 0.6) is 0 Å². The molecule has 1 saturated heterocycles. The second-order valence-corrected chi connectivity index (χ2v) is 6.42. The number of hydrogen-bond acceptors (Lipinski definition) is 5. The summed E-state index contributed by atoms with van der Waals surface area (Å²) in [4.78, 5) is 18.8. The normalized spacial score (nSPS) is 18.9. The van der Waals surface area contributed by atoms with Crippen molar-refractivity contribution in [3.8, 4) is 0 Å². The molecule has 3 N–H and O–H groups in total. The highest BCUT2D eigenvalue weighted by Gasteiger charge is 2.23. The highest BCUT2D eigenvalue weighted by molar-refractivity contribution is 7.22. The first kappa shape index (κ1) is 17.1. The van der Waals surface area contributed by atoms with Crippen molar-refractivity contribution in [1.29, 1.82) is 0 Å². The molecule has 120 valence electrons. The Morgan fingerprint density at radius 1 is 1.41 bits per heavy atom. The van der Waals surface area contributed by atoms with Crippen LogP contribution in [0.1, 0.15) is 19.3 Å². The van der Waals surface area contributed by atoms with E-state index in [1.54, 1.807) is 0 Å². The van der Waals surface area contributed by atoms with Gasteiger partial charge in [0.25, 0.3) is 0 Å². The number of amides is 1. The van der Waals surface area contributed by atoms with Crippen molar-refractivity contribution in [1.82, 2.24) is 9.88 Å². The fourth-order valence-electron chi connectivity index (χ4n) is 2.80. The predicted octanol–water partition coefficient (Wildman–Crippen LogP) is 2.47. The van der Waals surface area contributed by atoms with E-state index in [1.807, 2.05) is 24.3 Å². The number of carbonyl (C=O) groups is 1. The summed E-state index contributed by atoms with van der Waals surface area (Å²) in [7, 11) is 0. The maximum atomic E-state index is 12.2. The van der Waals surface area contributed by atoms with E-state index in [4.69, 9.17) is 5.73 Å². The van der Waals surface area contributed by atoms with Gasteiger partial charge in [-0.2, -0.15) is 0 Å². The van der Waals surface area contributed by atoms with Crippen molar-refractivity contribution in [2.75, 3.05) is 25.0 Å². The molecule has 1 atom stereocenters. The third kappa shape index (κ3) is 3.95. The number of nitrogens with one attached hydrogen (secondary N) is 1. The molecule has 1 unspecified atom stereocenters. The van der Waals surface area contributed by atoms with Gasteiger partial charge in [0.2, 0.25) is 5.91 Å². The Hall–Kier alpha value is -1.21. The summed E-state index contributed by atoms with van der Waals surface area (Å²) >= 11 is 1.51. The van der Waals surface area contributed by atoms with Gasteiger partial charge in [-0.3, -0.25) is 9.69 Å². The molecule has 1 fully saturated rings. The molecule has 5 nitrogen and oxygen atoms in total. The molecule has 0 aliphatic carbocycles. The summed E-state index contributed by atoms with van der Waals surface area (Å²) in [5.41, 5.74) is 6.72. The molecule has 2 heterocycles. The lowest BCUT2D eigenvalue weighted by Crippen LogP contribution is -2.47. The standard InChI is InChI=1S/C15H20N4OS.ClH/c16-9-11-5-3-4-8-19(11)10-14(20)18-15-17-12-6-1-2-7-13(12)21-15;/h1-2,6-7,11H,3-5,8-10,16H2,(H,17,18,20);1H. The van der Waals surface area contributed by atoms with Crippen molar-refractivity contribution >= 4 is 45.0 Å². The first-order valence-electron chi connectivity index (χ1n) is 7.36. The third-order valence-corrected chi connectivity index (χ3v) is 4.86. The van der Waals surface area contributed by atoms with Gasteiger partial charge in [-0.15, -0.1) is 12.4 Å². The van der Waals surface area contributed by atoms with E-state index in [1.165, 1.54) is 17.8 Å². The number of nitrogens with zero attached hydrogens (tertiary/aromatic N) is 2. The number of benzene rings is 1. The zero-order valence-electron chi connectivity index (χ0n) is 12.3. The summed E-state index contributed by atoms with van der Waals surface area (Å²) in [6.07, 6.45) is 3.44. The van der Waals surface area contributed by atoms with Gasteiger partial charge < -0.3 is 11.1 Å². The van der Waals surface area contributed by atoms with Crippen LogP contribution < -0.4 is 11.1 Å². The number of aromatic nitrogens is 1. The summed E-state index contributed by atoms with van der Waals surface area (Å²) in [6.45, 7) is 1.97. The van der Waals surface area contributed by atoms with Gasteiger partial charge in [0.1, 0.15) is 0 Å². The average Bonchev–Trinajstić information content (AvgIpc) is 2.89. The number of hydrogen-bond donors (Lipinski definition) is 2. The minimum atomic E-state index is -0.00518. The van der Waals surface area contributed by atoms with Crippen LogP contribution in [-0.2, 0) is 4.79 Å². The maximum Gasteiger partial charge on any atom is 0.240 e. The largest absolute Gasteiger partial charge is 0.329 e. The first-order valence-corrected chi connectivity index (χ1v) is 8.17. The Morgan fingerprint density at radius 2 is 2.23 bits per heavy atom. The molecule has 1 aromatic heterocycles. The number of thiazole rings is 1. The monoisotopic (exact) mass is 340 g/mol. The minimum Gasteiger partial charge on any atom is -0.329 e. The zero-order valence-corrected chi connectivity index (χ0v) is 14.0. The van der Waals surface area contributed by atoms with Gasteiger partial charge in [-0.25, -0.2) is 4.98 Å². The van der Waals surface area contributed by atoms with Crippen molar-refractivity contribution < 1.29 is 4.79 Å². The molecule has 2 aromatic rings. The predicted molar refractivity (Wildman–Crippen MR) is 93.8 cm³/mol. The lowest BCUT2D eigenvalue weighted by atomic mass is 10.0. The summed E-state index contributed by atoms with van der Waals surface area (Å²) in [5, 5.41) is 3.58. The van der Waals surface area contributed by atoms with E-state index < -0.39 is 0 Å². The molecule has 22 heavy (non-hydrogen) atoms. The molecule has 1 aliphatic heterocycles. The molecular weight excluding hydrogens is 320 g/mol. The highest BCUT2D eigenvalue weighted by atomic mass is 35.5. The number of carbonyl (C=O) groups excluding carboxylic acids is 1. The van der Waals surface area contributed by atoms with Crippen LogP contribution in [0.25, 0.3) is 10.2 Å². The topological polar surface area (TPSA) is 71.2 Å². The fourth-order valence-corrected chi connectivity index (χ4v) is 3.69. The molecule has 3 rings (SSSR count). The average molecular weight is 341 g/mol. The number of halogens is 1. The summed E-state index contributed by atoms with van der Waals surface area (Å²) < 4.78 is 1.09. The molecule has 1 amide bonds. The van der Waals surface area contributed by atoms with E-state index in [9.17, 15) is 4.79 Å². The molecule has 7 heteroatoms. The van der Waals surface area contributed by atoms with Crippen LogP contribution in [-0.4, -0.2) is 41.5 Å². The van der Waals surface area contributed by atoms with Crippen LogP contribution in [0.2, 0.25) is 0 Å². The Labute approximate surface area is 140 Å². The van der Waals surface area contributed by atoms with Gasteiger partial charge >= 0.3 is 0 Å². The summed E-state index contributed by atoms with van der Waals surface area (Å²) in [5.74, 6) is -0.00518. The molecular formula is C15H21ClN4OS. The maximum absolute atomic E-state index is 12.2. The van der Waals surface area contributed by atoms with E-state index in [-0.39, 0.29) is 18.3 Å². The number of anilines is 1. The first-order chi connectivity index (χ1) is 10.3. The van der Waals surface area contributed by atoms with Crippen molar-refractivity contribution in [2.45, 2.75) is 25.3 Å². The van der Waals surface area contributed by atoms with Crippen LogP contribution in [0.3, 0.4) is 0 Å². The van der Waals surface area contributed by atoms with Gasteiger partial charge in [-0.05, 0) is 31.5 Å². The van der Waals surface area contributed by atoms with Gasteiger partial charge in [0.15, 0.2) is 5.13 Å². The number of nitrogens with two attached hydrogens (primary N) is 1. The molecule has 0 spiro atoms. The van der Waals surface area contributed by atoms with E-state index in [0.717, 1.165) is 29.6 Å². The van der Waals surface area contributed by atoms with E-state index in [2.05, 4.69) is 15.2 Å². The molecule has 1 aliphatic rings. The van der Waals surface area contributed by atoms with E-state index in [0.29, 0.717) is 24.3 Å². The molecule has 0 bridgehead atoms. The lowest BCUT2D eigenvalue weighted by molar-refractivity contribution is -0.118. The Morgan fingerprint density at radius 3 is 3.00 bits per heavy atom. The van der Waals surface area contributed by atoms with Crippen LogP contribution in [0.15, 0.2) is 24.3 Å². The SMILES string of the molecule is Cl.NCC1CCCCN1CC(=O)Nc1nc2ccccc2s1. The highest BCUT2D eigenvalue weighted by Crippen LogP contribution is 2.25. The zero-order chi connectivity index (χ0) is 14.7. The smallest absolute Gasteiger partial charge is 0.240 e. The molecule has 1 aromatic carbocycles. The quantitative estimate of drug-likeness (QED) is 0.897. The number of rotatable bonds is 4.